The van der Waals surface area contributed by atoms with E-state index in [0.29, 0.717) is 28.1 Å². The van der Waals surface area contributed by atoms with Gasteiger partial charge in [0.05, 0.1) is 11.7 Å². The van der Waals surface area contributed by atoms with Crippen LogP contribution < -0.4 is 15.3 Å². The van der Waals surface area contributed by atoms with Gasteiger partial charge in [-0.25, -0.2) is 0 Å². The van der Waals surface area contributed by atoms with Crippen molar-refractivity contribution in [1.82, 2.24) is 0 Å². The maximum Gasteiger partial charge on any atom is 2.00 e. The Hall–Kier alpha value is -1.11. The molecule has 114 valence electrons. The number of nitrogens with zero attached hydrogens (tertiary/aromatic N) is 1. The molecule has 6 nitrogen and oxygen atoms in total. The summed E-state index contributed by atoms with van der Waals surface area (Å²) in [5.74, 6) is -1.89. The van der Waals surface area contributed by atoms with Crippen molar-refractivity contribution in [2.24, 2.45) is 0 Å². The van der Waals surface area contributed by atoms with Gasteiger partial charge in [0.15, 0.2) is 0 Å². The number of benzene rings is 1. The molecular weight excluding hydrogens is 312 g/mol. The zero-order chi connectivity index (χ0) is 16.5. The Bertz CT molecular complexity index is 641. The van der Waals surface area contributed by atoms with E-state index in [1.165, 1.54) is 18.7 Å². The molecule has 7 heteroatoms. The summed E-state index contributed by atoms with van der Waals surface area (Å²) in [4.78, 5) is 35.7. The molecule has 2 amide bonds. The second-order valence-corrected chi connectivity index (χ2v) is 5.02. The predicted octanol–water partition coefficient (Wildman–Crippen LogP) is 0.536. The van der Waals surface area contributed by atoms with Gasteiger partial charge in [-0.05, 0) is 37.5 Å². The minimum absolute atomic E-state index is 0. The summed E-state index contributed by atoms with van der Waals surface area (Å²) < 4.78 is 0. The fraction of sp³-hybridized carbons (Fsp3) is 0.400. The second kappa shape index (κ2) is 7.94. The van der Waals surface area contributed by atoms with Gasteiger partial charge in [-0.15, -0.1) is 0 Å². The molecule has 0 saturated heterocycles. The molecule has 1 aromatic carbocycles. The quantitative estimate of drug-likeness (QED) is 0.819. The topological polar surface area (TPSA) is 89.5 Å². The van der Waals surface area contributed by atoms with E-state index in [0.717, 1.165) is 0 Å². The van der Waals surface area contributed by atoms with Crippen LogP contribution in [0.2, 0.25) is 0 Å². The summed E-state index contributed by atoms with van der Waals surface area (Å²) in [6.07, 6.45) is 0. The number of hydrogen-bond acceptors (Lipinski definition) is 4. The van der Waals surface area contributed by atoms with Crippen LogP contribution in [-0.2, 0) is 9.59 Å². The molecule has 0 saturated carbocycles. The summed E-state index contributed by atoms with van der Waals surface area (Å²) >= 11 is 0. The fourth-order valence-corrected chi connectivity index (χ4v) is 2.54. The van der Waals surface area contributed by atoms with E-state index in [1.54, 1.807) is 27.8 Å². The normalized spacial score (nSPS) is 9.73. The minimum atomic E-state index is -1.34. The van der Waals surface area contributed by atoms with Crippen molar-refractivity contribution in [1.29, 1.82) is 0 Å². The largest absolute Gasteiger partial charge is 2.00 e. The molecule has 1 aromatic rings. The summed E-state index contributed by atoms with van der Waals surface area (Å²) in [5.41, 5.74) is 2.36. The van der Waals surface area contributed by atoms with Gasteiger partial charge < -0.3 is 20.1 Å². The molecule has 0 spiro atoms. The average Bonchev–Trinajstić information content (AvgIpc) is 2.33. The van der Waals surface area contributed by atoms with Crippen LogP contribution in [0.3, 0.4) is 0 Å². The number of hydrogen-bond donors (Lipinski definition) is 1. The van der Waals surface area contributed by atoms with Crippen molar-refractivity contribution < 1.29 is 19.5 Å². The van der Waals surface area contributed by atoms with E-state index in [4.69, 9.17) is 0 Å². The fourth-order valence-electron chi connectivity index (χ4n) is 2.54. The summed E-state index contributed by atoms with van der Waals surface area (Å²) in [5, 5.41) is 14.0. The zero-order valence-corrected chi connectivity index (χ0v) is 16.0. The molecule has 22 heavy (non-hydrogen) atoms. The van der Waals surface area contributed by atoms with Crippen molar-refractivity contribution in [3.05, 3.63) is 22.3 Å². The number of carboxylic acid groups (broad SMARTS) is 1. The van der Waals surface area contributed by atoms with E-state index >= 15 is 0 Å². The molecule has 0 fully saturated rings. The monoisotopic (exact) mass is 331 g/mol. The molecule has 0 aliphatic carbocycles. The Kier molecular flexibility index (Phi) is 7.54. The molecule has 0 atom stereocenters. The summed E-state index contributed by atoms with van der Waals surface area (Å²) in [7, 11) is 1.56. The molecule has 0 bridgehead atoms. The second-order valence-electron chi connectivity index (χ2n) is 5.02. The first-order valence-electron chi connectivity index (χ1n) is 6.46. The first-order valence-corrected chi connectivity index (χ1v) is 6.46. The van der Waals surface area contributed by atoms with E-state index in [1.807, 2.05) is 0 Å². The molecule has 0 aromatic heterocycles. The van der Waals surface area contributed by atoms with Gasteiger partial charge >= 0.3 is 37.7 Å². The number of aromatic carboxylic acids is 1. The van der Waals surface area contributed by atoms with Crippen LogP contribution in [0.1, 0.15) is 40.9 Å². The number of nitrogens with one attached hydrogen (secondary N) is 1. The number of rotatable bonds is 3. The van der Waals surface area contributed by atoms with Gasteiger partial charge in [-0.3, -0.25) is 9.59 Å². The number of amides is 2. The van der Waals surface area contributed by atoms with Gasteiger partial charge in [0.25, 0.3) is 0 Å². The molecule has 1 rings (SSSR count). The van der Waals surface area contributed by atoms with Crippen LogP contribution in [0.4, 0.5) is 11.4 Å². The maximum absolute atomic E-state index is 11.6. The molecule has 0 radical (unpaired) electrons. The molecule has 0 aliphatic rings. The standard InChI is InChI=1S/C15H20N2O4.Ca/c1-7-12(15(20)21)8(2)14(17(6)11(5)19)9(3)13(7)16-10(4)18;/h1-6H3,(H,16,18)(H,20,21);/q;+2/p-1. The zero-order valence-electron chi connectivity index (χ0n) is 13.8. The van der Waals surface area contributed by atoms with Gasteiger partial charge in [0.1, 0.15) is 0 Å². The van der Waals surface area contributed by atoms with Crippen LogP contribution in [-0.4, -0.2) is 62.6 Å². The summed E-state index contributed by atoms with van der Waals surface area (Å²) in [6, 6.07) is 0. The Balaban J connectivity index is 0.00000441. The van der Waals surface area contributed by atoms with Crippen molar-refractivity contribution in [3.8, 4) is 0 Å². The van der Waals surface area contributed by atoms with E-state index < -0.39 is 5.97 Å². The third-order valence-electron chi connectivity index (χ3n) is 3.52. The van der Waals surface area contributed by atoms with Crippen LogP contribution in [0, 0.1) is 20.8 Å². The first kappa shape index (κ1) is 20.9. The van der Waals surface area contributed by atoms with Crippen LogP contribution >= 0.6 is 0 Å². The van der Waals surface area contributed by atoms with E-state index in [-0.39, 0.29) is 55.1 Å². The Labute approximate surface area is 159 Å². The molecular formula is C15H19CaN2O4+. The Morgan fingerprint density at radius 2 is 1.50 bits per heavy atom. The van der Waals surface area contributed by atoms with Crippen LogP contribution in [0.15, 0.2) is 0 Å². The van der Waals surface area contributed by atoms with Crippen molar-refractivity contribution >= 4 is 66.9 Å². The summed E-state index contributed by atoms with van der Waals surface area (Å²) in [6.45, 7) is 7.69. The predicted molar refractivity (Wildman–Crippen MR) is 84.1 cm³/mol. The third kappa shape index (κ3) is 4.00. The number of carbonyl (C=O) groups excluding carboxylic acids is 3. The van der Waals surface area contributed by atoms with Crippen LogP contribution in [0.5, 0.6) is 0 Å². The van der Waals surface area contributed by atoms with Gasteiger partial charge in [-0.1, -0.05) is 0 Å². The van der Waals surface area contributed by atoms with Crippen molar-refractivity contribution in [2.45, 2.75) is 34.6 Å². The van der Waals surface area contributed by atoms with E-state index in [9.17, 15) is 19.5 Å². The van der Waals surface area contributed by atoms with E-state index in [2.05, 4.69) is 5.32 Å². The number of carbonyl (C=O) groups is 3. The van der Waals surface area contributed by atoms with Gasteiger partial charge in [-0.2, -0.15) is 0 Å². The molecule has 0 aliphatic heterocycles. The Morgan fingerprint density at radius 1 is 1.00 bits per heavy atom. The smallest absolute Gasteiger partial charge is 0.545 e. The van der Waals surface area contributed by atoms with Gasteiger partial charge in [0.2, 0.25) is 11.8 Å². The maximum atomic E-state index is 11.6. The van der Waals surface area contributed by atoms with Crippen molar-refractivity contribution in [2.75, 3.05) is 17.3 Å². The average molecular weight is 331 g/mol. The Morgan fingerprint density at radius 3 is 1.86 bits per heavy atom. The molecule has 0 heterocycles. The van der Waals surface area contributed by atoms with Crippen LogP contribution in [0.25, 0.3) is 0 Å². The SMILES string of the molecule is CC(=O)Nc1c(C)c(C(=O)[O-])c(C)c(N(C)C(C)=O)c1C.[Ca+2]. The number of anilines is 2. The van der Waals surface area contributed by atoms with Gasteiger partial charge in [0, 0.05) is 32.1 Å². The minimum Gasteiger partial charge on any atom is -0.545 e. The molecule has 1 N–H and O–H groups in total. The number of carboxylic acids is 1. The third-order valence-corrected chi connectivity index (χ3v) is 3.52. The molecule has 0 unspecified atom stereocenters. The van der Waals surface area contributed by atoms with Crippen molar-refractivity contribution in [3.63, 3.8) is 0 Å². The first-order chi connectivity index (χ1) is 9.59.